The van der Waals surface area contributed by atoms with Gasteiger partial charge in [-0.2, -0.15) is 0 Å². The maximum absolute atomic E-state index is 13.7. The molecule has 0 spiro atoms. The Balaban J connectivity index is 1.63. The van der Waals surface area contributed by atoms with Crippen molar-refractivity contribution in [1.82, 2.24) is 4.57 Å². The maximum Gasteiger partial charge on any atom is 0.338 e. The summed E-state index contributed by atoms with van der Waals surface area (Å²) in [5, 5.41) is 12.0. The van der Waals surface area contributed by atoms with E-state index in [4.69, 9.17) is 20.8 Å². The number of fused-ring (bicyclic) bond motifs is 1. The van der Waals surface area contributed by atoms with Crippen molar-refractivity contribution in [2.75, 3.05) is 0 Å². The highest BCUT2D eigenvalue weighted by Crippen LogP contribution is 2.32. The molecule has 3 heterocycles. The lowest BCUT2D eigenvalue weighted by Gasteiger charge is -2.25. The van der Waals surface area contributed by atoms with Gasteiger partial charge in [0.25, 0.3) is 11.2 Å². The quantitative estimate of drug-likeness (QED) is 0.185. The first-order valence-electron chi connectivity index (χ1n) is 12.0. The molecule has 1 atom stereocenters. The number of rotatable bonds is 6. The predicted octanol–water partition coefficient (Wildman–Crippen LogP) is 5.01. The van der Waals surface area contributed by atoms with Gasteiger partial charge in [0, 0.05) is 17.2 Å². The van der Waals surface area contributed by atoms with Crippen molar-refractivity contribution in [2.24, 2.45) is 4.99 Å². The number of nitro groups is 1. The number of carbonyl (C=O) groups is 1. The lowest BCUT2D eigenvalue weighted by molar-refractivity contribution is -0.384. The van der Waals surface area contributed by atoms with Crippen LogP contribution in [0.3, 0.4) is 0 Å². The van der Waals surface area contributed by atoms with Crippen molar-refractivity contribution in [3.05, 3.63) is 118 Å². The normalized spacial score (nSPS) is 15.3. The molecule has 0 fully saturated rings. The van der Waals surface area contributed by atoms with Crippen LogP contribution in [0.4, 0.5) is 5.69 Å². The van der Waals surface area contributed by atoms with E-state index in [9.17, 15) is 19.7 Å². The lowest BCUT2D eigenvalue weighted by atomic mass is 9.96. The summed E-state index contributed by atoms with van der Waals surface area (Å²) in [6.07, 6.45) is 1.20. The number of aromatic nitrogens is 1. The zero-order valence-electron chi connectivity index (χ0n) is 21.1. The van der Waals surface area contributed by atoms with Crippen molar-refractivity contribution in [1.29, 1.82) is 0 Å². The van der Waals surface area contributed by atoms with Gasteiger partial charge in [-0.3, -0.25) is 19.5 Å². The van der Waals surface area contributed by atoms with Crippen LogP contribution in [0, 0.1) is 10.1 Å². The van der Waals surface area contributed by atoms with E-state index >= 15 is 0 Å². The second-order valence-electron chi connectivity index (χ2n) is 9.06. The molecule has 0 saturated heterocycles. The SMILES string of the molecule is CC1=C(C(=O)OC(C)C)C(c2ccc(Cl)cc2)n2c(s/c(=C\c3ccc(-c4ccccc4[N+](=O)[O-])o3)c2=O)=N1. The average Bonchev–Trinajstić information content (AvgIpc) is 3.47. The summed E-state index contributed by atoms with van der Waals surface area (Å²) < 4.78 is 13.2. The van der Waals surface area contributed by atoms with Crippen molar-refractivity contribution in [3.8, 4) is 11.3 Å². The molecule has 198 valence electrons. The van der Waals surface area contributed by atoms with Gasteiger partial charge in [-0.15, -0.1) is 0 Å². The van der Waals surface area contributed by atoms with Crippen LogP contribution < -0.4 is 14.9 Å². The maximum atomic E-state index is 13.7. The molecule has 5 rings (SSSR count). The predicted molar refractivity (Wildman–Crippen MR) is 147 cm³/mol. The van der Waals surface area contributed by atoms with E-state index in [-0.39, 0.29) is 22.9 Å². The van der Waals surface area contributed by atoms with Crippen LogP contribution in [0.2, 0.25) is 5.02 Å². The van der Waals surface area contributed by atoms with Crippen molar-refractivity contribution in [2.45, 2.75) is 32.9 Å². The highest BCUT2D eigenvalue weighted by molar-refractivity contribution is 7.07. The van der Waals surface area contributed by atoms with Crippen molar-refractivity contribution >= 4 is 40.7 Å². The zero-order chi connectivity index (χ0) is 27.8. The molecule has 0 N–H and O–H groups in total. The first kappa shape index (κ1) is 26.3. The van der Waals surface area contributed by atoms with E-state index in [1.807, 2.05) is 0 Å². The highest BCUT2D eigenvalue weighted by Gasteiger charge is 2.33. The van der Waals surface area contributed by atoms with Crippen LogP contribution in [0.1, 0.15) is 38.1 Å². The minimum Gasteiger partial charge on any atom is -0.459 e. The van der Waals surface area contributed by atoms with Crippen molar-refractivity contribution in [3.63, 3.8) is 0 Å². The number of hydrogen-bond acceptors (Lipinski definition) is 8. The molecule has 0 amide bonds. The molecular weight excluding hydrogens is 542 g/mol. The number of ether oxygens (including phenoxy) is 1. The molecule has 39 heavy (non-hydrogen) atoms. The van der Waals surface area contributed by atoms with E-state index in [0.717, 1.165) is 11.3 Å². The summed E-state index contributed by atoms with van der Waals surface area (Å²) in [7, 11) is 0. The summed E-state index contributed by atoms with van der Waals surface area (Å²) in [4.78, 5) is 42.8. The second-order valence-corrected chi connectivity index (χ2v) is 10.5. The summed E-state index contributed by atoms with van der Waals surface area (Å²) in [5.41, 5.74) is 1.26. The molecule has 11 heteroatoms. The third kappa shape index (κ3) is 5.08. The second kappa shape index (κ2) is 10.5. The van der Waals surface area contributed by atoms with E-state index in [1.165, 1.54) is 10.6 Å². The van der Waals surface area contributed by atoms with Gasteiger partial charge in [0.15, 0.2) is 4.80 Å². The number of esters is 1. The number of benzene rings is 2. The molecule has 0 aliphatic carbocycles. The Kier molecular flexibility index (Phi) is 7.07. The van der Waals surface area contributed by atoms with E-state index in [0.29, 0.717) is 42.7 Å². The number of halogens is 1. The minimum atomic E-state index is -0.772. The first-order valence-corrected chi connectivity index (χ1v) is 13.2. The number of furan rings is 1. The summed E-state index contributed by atoms with van der Waals surface area (Å²) in [6, 6.07) is 15.7. The number of para-hydroxylation sites is 1. The fraction of sp³-hybridized carbons (Fsp3) is 0.179. The van der Waals surface area contributed by atoms with Crippen LogP contribution in [0.15, 0.2) is 86.1 Å². The molecule has 1 unspecified atom stereocenters. The lowest BCUT2D eigenvalue weighted by Crippen LogP contribution is -2.40. The molecule has 0 radical (unpaired) electrons. The van der Waals surface area contributed by atoms with Gasteiger partial charge in [0.1, 0.15) is 11.5 Å². The van der Waals surface area contributed by atoms with Gasteiger partial charge < -0.3 is 9.15 Å². The molecule has 2 aromatic heterocycles. The average molecular weight is 564 g/mol. The van der Waals surface area contributed by atoms with Gasteiger partial charge in [-0.25, -0.2) is 9.79 Å². The van der Waals surface area contributed by atoms with E-state index in [2.05, 4.69) is 4.99 Å². The van der Waals surface area contributed by atoms with Gasteiger partial charge >= 0.3 is 5.97 Å². The monoisotopic (exact) mass is 563 g/mol. The number of allylic oxidation sites excluding steroid dienone is 1. The van der Waals surface area contributed by atoms with Gasteiger partial charge in [0.05, 0.1) is 38.4 Å². The molecule has 2 aromatic carbocycles. The van der Waals surface area contributed by atoms with Crippen LogP contribution >= 0.6 is 22.9 Å². The number of hydrogen-bond donors (Lipinski definition) is 0. The minimum absolute atomic E-state index is 0.0861. The zero-order valence-corrected chi connectivity index (χ0v) is 22.7. The van der Waals surface area contributed by atoms with Gasteiger partial charge in [0.2, 0.25) is 0 Å². The Labute approximate surface area is 231 Å². The number of thiazole rings is 1. The summed E-state index contributed by atoms with van der Waals surface area (Å²) >= 11 is 7.26. The Morgan fingerprint density at radius 2 is 1.90 bits per heavy atom. The fourth-order valence-corrected chi connectivity index (χ4v) is 5.52. The Morgan fingerprint density at radius 1 is 1.18 bits per heavy atom. The van der Waals surface area contributed by atoms with Crippen molar-refractivity contribution < 1.29 is 18.9 Å². The first-order chi connectivity index (χ1) is 18.6. The van der Waals surface area contributed by atoms with Crippen LogP contribution in [0.25, 0.3) is 17.4 Å². The molecule has 9 nitrogen and oxygen atoms in total. The van der Waals surface area contributed by atoms with Crippen LogP contribution in [-0.4, -0.2) is 21.6 Å². The third-order valence-electron chi connectivity index (χ3n) is 6.04. The Bertz CT molecular complexity index is 1810. The fourth-order valence-electron chi connectivity index (χ4n) is 4.37. The van der Waals surface area contributed by atoms with Crippen LogP contribution in [0.5, 0.6) is 0 Å². The summed E-state index contributed by atoms with van der Waals surface area (Å²) in [6.45, 7) is 5.21. The highest BCUT2D eigenvalue weighted by atomic mass is 35.5. The molecular formula is C28H22ClN3O6S. The molecule has 1 aliphatic rings. The Morgan fingerprint density at radius 3 is 2.59 bits per heavy atom. The van der Waals surface area contributed by atoms with Gasteiger partial charge in [-0.05, 0) is 56.7 Å². The van der Waals surface area contributed by atoms with Gasteiger partial charge in [-0.1, -0.05) is 47.2 Å². The van der Waals surface area contributed by atoms with Crippen LogP contribution in [-0.2, 0) is 9.53 Å². The largest absolute Gasteiger partial charge is 0.459 e. The van der Waals surface area contributed by atoms with E-state index < -0.39 is 16.9 Å². The third-order valence-corrected chi connectivity index (χ3v) is 7.27. The molecule has 0 saturated carbocycles. The molecule has 1 aliphatic heterocycles. The van der Waals surface area contributed by atoms with E-state index in [1.54, 1.807) is 81.4 Å². The Hall–Kier alpha value is -4.28. The smallest absolute Gasteiger partial charge is 0.338 e. The molecule has 4 aromatic rings. The number of carbonyl (C=O) groups excluding carboxylic acids is 1. The number of nitrogens with zero attached hydrogens (tertiary/aromatic N) is 3. The number of nitro benzene ring substituents is 1. The summed E-state index contributed by atoms with van der Waals surface area (Å²) in [5.74, 6) is 0.0853. The standard InChI is InChI=1S/C28H22ClN3O6S/c1-15(2)37-27(34)24-16(3)30-28-31(25(24)17-8-10-18(29)11-9-17)26(33)23(39-28)14-19-12-13-22(38-19)20-6-4-5-7-21(20)32(35)36/h4-15,25H,1-3H3/b23-14-. The topological polar surface area (TPSA) is 117 Å². The molecule has 0 bridgehead atoms.